The first-order chi connectivity index (χ1) is 8.63. The van der Waals surface area contributed by atoms with E-state index >= 15 is 0 Å². The molecular weight excluding hydrogens is 224 g/mol. The normalized spacial score (nSPS) is 10.7. The quantitative estimate of drug-likeness (QED) is 0.866. The summed E-state index contributed by atoms with van der Waals surface area (Å²) in [5, 5.41) is 7.90. The van der Waals surface area contributed by atoms with Gasteiger partial charge < -0.3 is 11.1 Å². The molecule has 1 heterocycles. The summed E-state index contributed by atoms with van der Waals surface area (Å²) in [6.45, 7) is 7.55. The Kier molecular flexibility index (Phi) is 3.67. The highest BCUT2D eigenvalue weighted by Gasteiger charge is 2.11. The molecule has 0 atom stereocenters. The SMILES string of the molecule is Cc1ccc(-n2nc(C)c(NCCN)c2C)cc1. The molecule has 0 saturated carbocycles. The largest absolute Gasteiger partial charge is 0.381 e. The van der Waals surface area contributed by atoms with E-state index in [1.807, 2.05) is 11.6 Å². The van der Waals surface area contributed by atoms with Gasteiger partial charge in [0.05, 0.1) is 22.8 Å². The second-order valence-electron chi connectivity index (χ2n) is 4.51. The van der Waals surface area contributed by atoms with Crippen molar-refractivity contribution in [1.82, 2.24) is 9.78 Å². The zero-order chi connectivity index (χ0) is 13.1. The van der Waals surface area contributed by atoms with Crippen LogP contribution in [-0.4, -0.2) is 22.9 Å². The van der Waals surface area contributed by atoms with Gasteiger partial charge in [0.15, 0.2) is 0 Å². The lowest BCUT2D eigenvalue weighted by Crippen LogP contribution is -2.14. The lowest BCUT2D eigenvalue weighted by atomic mass is 10.2. The molecule has 0 bridgehead atoms. The van der Waals surface area contributed by atoms with Crippen molar-refractivity contribution in [3.05, 3.63) is 41.2 Å². The third-order valence-corrected chi connectivity index (χ3v) is 3.02. The third kappa shape index (κ3) is 2.38. The molecule has 2 aromatic rings. The zero-order valence-corrected chi connectivity index (χ0v) is 11.2. The summed E-state index contributed by atoms with van der Waals surface area (Å²) >= 11 is 0. The van der Waals surface area contributed by atoms with Gasteiger partial charge >= 0.3 is 0 Å². The van der Waals surface area contributed by atoms with E-state index < -0.39 is 0 Å². The van der Waals surface area contributed by atoms with E-state index in [2.05, 4.69) is 48.5 Å². The van der Waals surface area contributed by atoms with Gasteiger partial charge in [-0.05, 0) is 32.9 Å². The molecule has 0 spiro atoms. The summed E-state index contributed by atoms with van der Waals surface area (Å²) in [6.07, 6.45) is 0. The predicted molar refractivity (Wildman–Crippen MR) is 75.3 cm³/mol. The van der Waals surface area contributed by atoms with Gasteiger partial charge in [-0.1, -0.05) is 17.7 Å². The van der Waals surface area contributed by atoms with Crippen molar-refractivity contribution in [2.75, 3.05) is 18.4 Å². The smallest absolute Gasteiger partial charge is 0.0832 e. The van der Waals surface area contributed by atoms with Crippen molar-refractivity contribution >= 4 is 5.69 Å². The highest BCUT2D eigenvalue weighted by molar-refractivity contribution is 5.54. The van der Waals surface area contributed by atoms with E-state index in [1.54, 1.807) is 0 Å². The average molecular weight is 244 g/mol. The molecule has 1 aromatic carbocycles. The minimum atomic E-state index is 0.620. The summed E-state index contributed by atoms with van der Waals surface area (Å²) in [4.78, 5) is 0. The average Bonchev–Trinajstić information content (AvgIpc) is 2.64. The number of nitrogens with one attached hydrogen (secondary N) is 1. The van der Waals surface area contributed by atoms with Crippen molar-refractivity contribution in [1.29, 1.82) is 0 Å². The first-order valence-corrected chi connectivity index (χ1v) is 6.20. The molecule has 0 radical (unpaired) electrons. The monoisotopic (exact) mass is 244 g/mol. The fourth-order valence-electron chi connectivity index (χ4n) is 2.03. The number of benzene rings is 1. The van der Waals surface area contributed by atoms with Crippen LogP contribution in [0.15, 0.2) is 24.3 Å². The van der Waals surface area contributed by atoms with Gasteiger partial charge in [0.2, 0.25) is 0 Å². The lowest BCUT2D eigenvalue weighted by Gasteiger charge is -2.07. The van der Waals surface area contributed by atoms with Crippen LogP contribution in [0.5, 0.6) is 0 Å². The molecule has 2 rings (SSSR count). The van der Waals surface area contributed by atoms with Crippen LogP contribution in [0.3, 0.4) is 0 Å². The number of nitrogens with zero attached hydrogens (tertiary/aromatic N) is 2. The molecule has 0 amide bonds. The van der Waals surface area contributed by atoms with Crippen LogP contribution in [0.25, 0.3) is 5.69 Å². The lowest BCUT2D eigenvalue weighted by molar-refractivity contribution is 0.833. The Labute approximate surface area is 108 Å². The molecule has 0 aliphatic carbocycles. The van der Waals surface area contributed by atoms with Crippen molar-refractivity contribution in [2.24, 2.45) is 5.73 Å². The molecule has 0 aliphatic heterocycles. The van der Waals surface area contributed by atoms with Crippen LogP contribution in [0.4, 0.5) is 5.69 Å². The summed E-state index contributed by atoms with van der Waals surface area (Å²) in [5.74, 6) is 0. The van der Waals surface area contributed by atoms with Gasteiger partial charge in [0.25, 0.3) is 0 Å². The molecule has 0 unspecified atom stereocenters. The van der Waals surface area contributed by atoms with E-state index in [1.165, 1.54) is 5.56 Å². The molecule has 96 valence electrons. The van der Waals surface area contributed by atoms with Crippen molar-refractivity contribution in [2.45, 2.75) is 20.8 Å². The second kappa shape index (κ2) is 5.23. The maximum atomic E-state index is 5.52. The van der Waals surface area contributed by atoms with Crippen LogP contribution in [0.2, 0.25) is 0 Å². The van der Waals surface area contributed by atoms with Crippen molar-refractivity contribution in [3.63, 3.8) is 0 Å². The Bertz CT molecular complexity index is 525. The molecule has 0 saturated heterocycles. The van der Waals surface area contributed by atoms with Crippen LogP contribution >= 0.6 is 0 Å². The Balaban J connectivity index is 2.37. The van der Waals surface area contributed by atoms with Crippen LogP contribution in [0, 0.1) is 20.8 Å². The molecule has 0 fully saturated rings. The van der Waals surface area contributed by atoms with Crippen LogP contribution in [-0.2, 0) is 0 Å². The zero-order valence-electron chi connectivity index (χ0n) is 11.2. The summed E-state index contributed by atoms with van der Waals surface area (Å²) in [6, 6.07) is 8.36. The van der Waals surface area contributed by atoms with E-state index in [9.17, 15) is 0 Å². The predicted octanol–water partition coefficient (Wildman–Crippen LogP) is 2.17. The molecular formula is C14H20N4. The van der Waals surface area contributed by atoms with Crippen molar-refractivity contribution in [3.8, 4) is 5.69 Å². The Morgan fingerprint density at radius 2 is 1.83 bits per heavy atom. The highest BCUT2D eigenvalue weighted by atomic mass is 15.3. The van der Waals surface area contributed by atoms with Gasteiger partial charge in [0, 0.05) is 13.1 Å². The van der Waals surface area contributed by atoms with Gasteiger partial charge in [0.1, 0.15) is 0 Å². The first kappa shape index (κ1) is 12.6. The van der Waals surface area contributed by atoms with Gasteiger partial charge in [-0.15, -0.1) is 0 Å². The molecule has 3 N–H and O–H groups in total. The molecule has 4 heteroatoms. The highest BCUT2D eigenvalue weighted by Crippen LogP contribution is 2.22. The number of anilines is 1. The van der Waals surface area contributed by atoms with E-state index in [0.717, 1.165) is 29.3 Å². The minimum Gasteiger partial charge on any atom is -0.381 e. The number of rotatable bonds is 4. The van der Waals surface area contributed by atoms with Crippen LogP contribution < -0.4 is 11.1 Å². The summed E-state index contributed by atoms with van der Waals surface area (Å²) < 4.78 is 1.97. The first-order valence-electron chi connectivity index (χ1n) is 6.20. The summed E-state index contributed by atoms with van der Waals surface area (Å²) in [7, 11) is 0. The van der Waals surface area contributed by atoms with E-state index in [-0.39, 0.29) is 0 Å². The number of nitrogens with two attached hydrogens (primary N) is 1. The summed E-state index contributed by atoms with van der Waals surface area (Å²) in [5.41, 5.74) is 11.1. The maximum Gasteiger partial charge on any atom is 0.0832 e. The molecule has 18 heavy (non-hydrogen) atoms. The number of aryl methyl sites for hydroxylation is 2. The minimum absolute atomic E-state index is 0.620. The number of hydrogen-bond donors (Lipinski definition) is 2. The Morgan fingerprint density at radius 1 is 1.17 bits per heavy atom. The Morgan fingerprint density at radius 3 is 2.44 bits per heavy atom. The molecule has 4 nitrogen and oxygen atoms in total. The van der Waals surface area contributed by atoms with Crippen molar-refractivity contribution < 1.29 is 0 Å². The second-order valence-corrected chi connectivity index (χ2v) is 4.51. The van der Waals surface area contributed by atoms with Crippen LogP contribution in [0.1, 0.15) is 17.0 Å². The van der Waals surface area contributed by atoms with E-state index in [0.29, 0.717) is 6.54 Å². The topological polar surface area (TPSA) is 55.9 Å². The van der Waals surface area contributed by atoms with Gasteiger partial charge in [-0.25, -0.2) is 4.68 Å². The third-order valence-electron chi connectivity index (χ3n) is 3.02. The number of aromatic nitrogens is 2. The fraction of sp³-hybridized carbons (Fsp3) is 0.357. The fourth-order valence-corrected chi connectivity index (χ4v) is 2.03. The maximum absolute atomic E-state index is 5.52. The molecule has 0 aliphatic rings. The van der Waals surface area contributed by atoms with E-state index in [4.69, 9.17) is 5.73 Å². The van der Waals surface area contributed by atoms with Gasteiger partial charge in [-0.2, -0.15) is 5.10 Å². The number of hydrogen-bond acceptors (Lipinski definition) is 3. The molecule has 1 aromatic heterocycles. The standard InChI is InChI=1S/C14H20N4/c1-10-4-6-13(7-5-10)18-12(3)14(11(2)17-18)16-9-8-15/h4-7,16H,8-9,15H2,1-3H3. The Hall–Kier alpha value is -1.81. The van der Waals surface area contributed by atoms with Gasteiger partial charge in [-0.3, -0.25) is 0 Å².